The Hall–Kier alpha value is -1.56. The van der Waals surface area contributed by atoms with Gasteiger partial charge in [0.1, 0.15) is 5.75 Å². The number of benzene rings is 2. The number of rotatable bonds is 4. The van der Waals surface area contributed by atoms with Crippen molar-refractivity contribution in [2.75, 3.05) is 16.8 Å². The van der Waals surface area contributed by atoms with E-state index in [-0.39, 0.29) is 11.7 Å². The van der Waals surface area contributed by atoms with Crippen molar-refractivity contribution in [3.05, 3.63) is 52.5 Å². The number of nitrogens with two attached hydrogens (primary N) is 1. The standard InChI is InChI=1S/C14H12Cl2N2O2S/c15-9-2-1-3-10(6-9)18-14(19)8-21(20)11-4-5-13(17)12(16)7-11/h1-7H,8,17H2,(H,18,19). The van der Waals surface area contributed by atoms with Gasteiger partial charge in [0.15, 0.2) is 0 Å². The minimum atomic E-state index is -1.50. The molecule has 3 N–H and O–H groups in total. The predicted octanol–water partition coefficient (Wildman–Crippen LogP) is 3.32. The van der Waals surface area contributed by atoms with E-state index in [0.29, 0.717) is 26.3 Å². The van der Waals surface area contributed by atoms with Crippen molar-refractivity contribution >= 4 is 51.3 Å². The minimum Gasteiger partial charge on any atom is -0.398 e. The third kappa shape index (κ3) is 4.46. The van der Waals surface area contributed by atoms with Gasteiger partial charge in [-0.25, -0.2) is 0 Å². The number of hydrogen-bond donors (Lipinski definition) is 2. The number of hydrogen-bond acceptors (Lipinski definition) is 3. The van der Waals surface area contributed by atoms with Crippen LogP contribution in [0.15, 0.2) is 47.4 Å². The van der Waals surface area contributed by atoms with E-state index in [1.165, 1.54) is 6.07 Å². The highest BCUT2D eigenvalue weighted by Gasteiger charge is 2.12. The zero-order valence-corrected chi connectivity index (χ0v) is 13.1. The monoisotopic (exact) mass is 342 g/mol. The molecule has 0 aliphatic rings. The largest absolute Gasteiger partial charge is 0.398 e. The maximum absolute atomic E-state index is 12.1. The molecule has 0 radical (unpaired) electrons. The van der Waals surface area contributed by atoms with E-state index >= 15 is 0 Å². The van der Waals surface area contributed by atoms with Gasteiger partial charge in [0.2, 0.25) is 5.91 Å². The van der Waals surface area contributed by atoms with Gasteiger partial charge in [-0.15, -0.1) is 0 Å². The molecular weight excluding hydrogens is 331 g/mol. The Balaban J connectivity index is 2.02. The molecule has 110 valence electrons. The highest BCUT2D eigenvalue weighted by atomic mass is 35.5. The number of nitrogen functional groups attached to an aromatic ring is 1. The molecule has 0 aromatic heterocycles. The first kappa shape index (κ1) is 15.8. The molecule has 2 aromatic rings. The summed E-state index contributed by atoms with van der Waals surface area (Å²) in [7, 11) is -1.50. The topological polar surface area (TPSA) is 72.2 Å². The minimum absolute atomic E-state index is 0.174. The second kappa shape index (κ2) is 6.93. The second-order valence-electron chi connectivity index (χ2n) is 4.23. The Morgan fingerprint density at radius 1 is 1.19 bits per heavy atom. The fourth-order valence-electron chi connectivity index (χ4n) is 1.62. The van der Waals surface area contributed by atoms with Crippen molar-refractivity contribution in [2.24, 2.45) is 0 Å². The first-order valence-electron chi connectivity index (χ1n) is 5.94. The van der Waals surface area contributed by atoms with Crippen molar-refractivity contribution < 1.29 is 9.00 Å². The summed E-state index contributed by atoms with van der Waals surface area (Å²) in [5, 5.41) is 3.46. The van der Waals surface area contributed by atoms with Gasteiger partial charge in [-0.3, -0.25) is 9.00 Å². The molecule has 0 aliphatic heterocycles. The number of anilines is 2. The van der Waals surface area contributed by atoms with Crippen LogP contribution >= 0.6 is 23.2 Å². The summed E-state index contributed by atoms with van der Waals surface area (Å²) in [6.45, 7) is 0. The summed E-state index contributed by atoms with van der Waals surface area (Å²) in [5.74, 6) is -0.546. The number of carbonyl (C=O) groups excluding carboxylic acids is 1. The van der Waals surface area contributed by atoms with E-state index in [4.69, 9.17) is 28.9 Å². The third-order valence-electron chi connectivity index (χ3n) is 2.61. The van der Waals surface area contributed by atoms with Crippen LogP contribution in [0, 0.1) is 0 Å². The van der Waals surface area contributed by atoms with Gasteiger partial charge in [-0.1, -0.05) is 29.3 Å². The van der Waals surface area contributed by atoms with Crippen molar-refractivity contribution in [3.8, 4) is 0 Å². The Bertz CT molecular complexity index is 707. The van der Waals surface area contributed by atoms with E-state index in [0.717, 1.165) is 0 Å². The Kier molecular flexibility index (Phi) is 5.22. The first-order chi connectivity index (χ1) is 9.95. The molecule has 7 heteroatoms. The maximum Gasteiger partial charge on any atom is 0.237 e. The maximum atomic E-state index is 12.1. The lowest BCUT2D eigenvalue weighted by atomic mass is 10.3. The van der Waals surface area contributed by atoms with E-state index in [1.807, 2.05) is 0 Å². The van der Waals surface area contributed by atoms with Gasteiger partial charge in [0.25, 0.3) is 0 Å². The number of halogens is 2. The molecule has 2 aromatic carbocycles. The molecule has 4 nitrogen and oxygen atoms in total. The van der Waals surface area contributed by atoms with Crippen molar-refractivity contribution in [1.82, 2.24) is 0 Å². The summed E-state index contributed by atoms with van der Waals surface area (Å²) >= 11 is 11.7. The zero-order chi connectivity index (χ0) is 15.4. The fraction of sp³-hybridized carbons (Fsp3) is 0.0714. The van der Waals surface area contributed by atoms with Gasteiger partial charge < -0.3 is 11.1 Å². The van der Waals surface area contributed by atoms with Crippen LogP contribution in [-0.2, 0) is 15.6 Å². The molecule has 0 aliphatic carbocycles. The molecule has 0 heterocycles. The predicted molar refractivity (Wildman–Crippen MR) is 87.2 cm³/mol. The van der Waals surface area contributed by atoms with Crippen LogP contribution in [0.3, 0.4) is 0 Å². The molecule has 21 heavy (non-hydrogen) atoms. The molecular formula is C14H12Cl2N2O2S. The molecule has 0 fully saturated rings. The second-order valence-corrected chi connectivity index (χ2v) is 6.53. The van der Waals surface area contributed by atoms with Crippen LogP contribution in [0.1, 0.15) is 0 Å². The van der Waals surface area contributed by atoms with Crippen LogP contribution in [0.5, 0.6) is 0 Å². The zero-order valence-electron chi connectivity index (χ0n) is 10.8. The highest BCUT2D eigenvalue weighted by molar-refractivity contribution is 7.85. The van der Waals surface area contributed by atoms with Gasteiger partial charge in [0.05, 0.1) is 21.5 Å². The van der Waals surface area contributed by atoms with Gasteiger partial charge in [-0.2, -0.15) is 0 Å². The summed E-state index contributed by atoms with van der Waals surface area (Å²) in [6, 6.07) is 11.4. The van der Waals surface area contributed by atoms with Crippen molar-refractivity contribution in [3.63, 3.8) is 0 Å². The summed E-state index contributed by atoms with van der Waals surface area (Å²) in [5.41, 5.74) is 6.54. The lowest BCUT2D eigenvalue weighted by Crippen LogP contribution is -2.19. The third-order valence-corrected chi connectivity index (χ3v) is 4.47. The van der Waals surface area contributed by atoms with Gasteiger partial charge >= 0.3 is 0 Å². The van der Waals surface area contributed by atoms with Gasteiger partial charge in [0, 0.05) is 15.6 Å². The molecule has 0 spiro atoms. The highest BCUT2D eigenvalue weighted by Crippen LogP contribution is 2.22. The van der Waals surface area contributed by atoms with E-state index in [1.54, 1.807) is 36.4 Å². The first-order valence-corrected chi connectivity index (χ1v) is 8.02. The molecule has 2 rings (SSSR count). The average Bonchev–Trinajstić information content (AvgIpc) is 2.41. The lowest BCUT2D eigenvalue weighted by molar-refractivity contribution is -0.113. The van der Waals surface area contributed by atoms with Crippen molar-refractivity contribution in [1.29, 1.82) is 0 Å². The lowest BCUT2D eigenvalue weighted by Gasteiger charge is -2.06. The van der Waals surface area contributed by atoms with E-state index < -0.39 is 10.8 Å². The summed E-state index contributed by atoms with van der Waals surface area (Å²) in [4.78, 5) is 12.3. The Morgan fingerprint density at radius 2 is 1.95 bits per heavy atom. The average molecular weight is 343 g/mol. The Morgan fingerprint density at radius 3 is 2.62 bits per heavy atom. The van der Waals surface area contributed by atoms with Crippen LogP contribution in [0.2, 0.25) is 10.0 Å². The number of amides is 1. The SMILES string of the molecule is Nc1ccc(S(=O)CC(=O)Nc2cccc(Cl)c2)cc1Cl. The summed E-state index contributed by atoms with van der Waals surface area (Å²) in [6.07, 6.45) is 0. The van der Waals surface area contributed by atoms with Crippen LogP contribution in [-0.4, -0.2) is 15.9 Å². The summed E-state index contributed by atoms with van der Waals surface area (Å²) < 4.78 is 12.1. The van der Waals surface area contributed by atoms with E-state index in [2.05, 4.69) is 5.32 Å². The Labute approximate surface area is 134 Å². The van der Waals surface area contributed by atoms with Gasteiger partial charge in [-0.05, 0) is 36.4 Å². The smallest absolute Gasteiger partial charge is 0.237 e. The fourth-order valence-corrected chi connectivity index (χ4v) is 3.00. The quantitative estimate of drug-likeness (QED) is 0.837. The molecule has 1 unspecified atom stereocenters. The molecule has 0 saturated carbocycles. The van der Waals surface area contributed by atoms with E-state index in [9.17, 15) is 9.00 Å². The number of carbonyl (C=O) groups is 1. The van der Waals surface area contributed by atoms with Crippen LogP contribution in [0.4, 0.5) is 11.4 Å². The number of nitrogens with one attached hydrogen (secondary N) is 1. The van der Waals surface area contributed by atoms with Crippen molar-refractivity contribution in [2.45, 2.75) is 4.90 Å². The molecule has 1 amide bonds. The van der Waals surface area contributed by atoms with Crippen LogP contribution in [0.25, 0.3) is 0 Å². The molecule has 1 atom stereocenters. The molecule has 0 saturated heterocycles. The van der Waals surface area contributed by atoms with Crippen LogP contribution < -0.4 is 11.1 Å². The molecule has 0 bridgehead atoms. The normalized spacial score (nSPS) is 11.9.